The third kappa shape index (κ3) is 2.72. The van der Waals surface area contributed by atoms with Gasteiger partial charge in [0.2, 0.25) is 0 Å². The van der Waals surface area contributed by atoms with E-state index in [1.165, 1.54) is 23.5 Å². The van der Waals surface area contributed by atoms with Crippen LogP contribution in [0.2, 0.25) is 0 Å². The molecule has 0 atom stereocenters. The van der Waals surface area contributed by atoms with Crippen molar-refractivity contribution in [2.24, 2.45) is 0 Å². The molecule has 0 saturated carbocycles. The average molecular weight is 241 g/mol. The van der Waals surface area contributed by atoms with Crippen molar-refractivity contribution in [3.8, 4) is 0 Å². The fourth-order valence-corrected chi connectivity index (χ4v) is 2.07. The summed E-state index contributed by atoms with van der Waals surface area (Å²) in [5.74, 6) is 0.437. The van der Waals surface area contributed by atoms with E-state index in [2.05, 4.69) is 23.7 Å². The standard InChI is InChI=1S/C12H17F2N3/c1-9-3-5-16(7-10(9)2)8-11-15-4-6-17(11)12(13)14/h4,6,12H,3,5,7-8H2,1-2H3. The highest BCUT2D eigenvalue weighted by Gasteiger charge is 2.18. The SMILES string of the molecule is CC1=C(C)CN(Cc2nccn2C(F)F)CC1. The molecule has 0 unspecified atom stereocenters. The minimum atomic E-state index is -2.50. The predicted molar refractivity (Wildman–Crippen MR) is 61.7 cm³/mol. The molecule has 1 aliphatic heterocycles. The molecule has 0 saturated heterocycles. The highest BCUT2D eigenvalue weighted by atomic mass is 19.3. The van der Waals surface area contributed by atoms with E-state index in [0.717, 1.165) is 24.1 Å². The first-order valence-electron chi connectivity index (χ1n) is 5.75. The molecule has 2 rings (SSSR count). The summed E-state index contributed by atoms with van der Waals surface area (Å²) < 4.78 is 26.2. The minimum Gasteiger partial charge on any atom is -0.292 e. The minimum absolute atomic E-state index is 0.437. The van der Waals surface area contributed by atoms with Crippen molar-refractivity contribution < 1.29 is 8.78 Å². The monoisotopic (exact) mass is 241 g/mol. The normalized spacial score (nSPS) is 18.2. The summed E-state index contributed by atoms with van der Waals surface area (Å²) in [7, 11) is 0. The molecule has 0 fully saturated rings. The van der Waals surface area contributed by atoms with Gasteiger partial charge >= 0.3 is 6.55 Å². The number of imidazole rings is 1. The van der Waals surface area contributed by atoms with E-state index in [1.807, 2.05) is 0 Å². The smallest absolute Gasteiger partial charge is 0.292 e. The van der Waals surface area contributed by atoms with Crippen LogP contribution in [0.5, 0.6) is 0 Å². The van der Waals surface area contributed by atoms with Crippen molar-refractivity contribution in [3.63, 3.8) is 0 Å². The fraction of sp³-hybridized carbons (Fsp3) is 0.583. The van der Waals surface area contributed by atoms with Crippen LogP contribution in [0.3, 0.4) is 0 Å². The molecule has 0 radical (unpaired) electrons. The van der Waals surface area contributed by atoms with Gasteiger partial charge in [-0.15, -0.1) is 0 Å². The lowest BCUT2D eigenvalue weighted by Gasteiger charge is -2.28. The maximum atomic E-state index is 12.6. The average Bonchev–Trinajstić information content (AvgIpc) is 2.72. The summed E-state index contributed by atoms with van der Waals surface area (Å²) in [4.78, 5) is 6.16. The summed E-state index contributed by atoms with van der Waals surface area (Å²) in [5, 5.41) is 0. The third-order valence-corrected chi connectivity index (χ3v) is 3.32. The molecule has 0 N–H and O–H groups in total. The van der Waals surface area contributed by atoms with Gasteiger partial charge in [0, 0.05) is 25.5 Å². The Morgan fingerprint density at radius 1 is 1.35 bits per heavy atom. The first-order chi connectivity index (χ1) is 8.08. The zero-order chi connectivity index (χ0) is 12.4. The predicted octanol–water partition coefficient (Wildman–Crippen LogP) is 2.82. The maximum absolute atomic E-state index is 12.6. The summed E-state index contributed by atoms with van der Waals surface area (Å²) in [5.41, 5.74) is 2.75. The number of halogens is 2. The van der Waals surface area contributed by atoms with Crippen LogP contribution in [0.15, 0.2) is 23.5 Å². The van der Waals surface area contributed by atoms with E-state index < -0.39 is 6.55 Å². The molecule has 1 aromatic rings. The van der Waals surface area contributed by atoms with Gasteiger partial charge in [-0.05, 0) is 20.3 Å². The second kappa shape index (κ2) is 4.96. The highest BCUT2D eigenvalue weighted by Crippen LogP contribution is 2.20. The number of hydrogen-bond acceptors (Lipinski definition) is 2. The zero-order valence-corrected chi connectivity index (χ0v) is 10.2. The molecule has 3 nitrogen and oxygen atoms in total. The molecule has 94 valence electrons. The number of nitrogens with zero attached hydrogens (tertiary/aromatic N) is 3. The second-order valence-electron chi connectivity index (χ2n) is 4.55. The van der Waals surface area contributed by atoms with Gasteiger partial charge in [0.25, 0.3) is 0 Å². The molecule has 0 amide bonds. The Morgan fingerprint density at radius 2 is 2.12 bits per heavy atom. The van der Waals surface area contributed by atoms with Crippen LogP contribution in [0.1, 0.15) is 32.6 Å². The number of aromatic nitrogens is 2. The van der Waals surface area contributed by atoms with Crippen LogP contribution in [0, 0.1) is 0 Å². The topological polar surface area (TPSA) is 21.1 Å². The molecular weight excluding hydrogens is 224 g/mol. The Balaban J connectivity index is 2.05. The molecule has 1 aliphatic rings. The van der Waals surface area contributed by atoms with Gasteiger partial charge in [0.15, 0.2) is 0 Å². The van der Waals surface area contributed by atoms with Crippen molar-refractivity contribution in [1.82, 2.24) is 14.5 Å². The number of alkyl halides is 2. The molecule has 5 heteroatoms. The zero-order valence-electron chi connectivity index (χ0n) is 10.2. The van der Waals surface area contributed by atoms with Crippen molar-refractivity contribution >= 4 is 0 Å². The van der Waals surface area contributed by atoms with Crippen LogP contribution in [0.25, 0.3) is 0 Å². The Kier molecular flexibility index (Phi) is 3.57. The molecule has 0 spiro atoms. The van der Waals surface area contributed by atoms with Gasteiger partial charge in [0.05, 0.1) is 6.54 Å². The van der Waals surface area contributed by atoms with Crippen LogP contribution < -0.4 is 0 Å². The summed E-state index contributed by atoms with van der Waals surface area (Å²) in [6.45, 7) is 3.98. The molecule has 1 aromatic heterocycles. The molecule has 0 bridgehead atoms. The highest BCUT2D eigenvalue weighted by molar-refractivity contribution is 5.15. The van der Waals surface area contributed by atoms with Crippen LogP contribution in [0.4, 0.5) is 8.78 Å². The van der Waals surface area contributed by atoms with Crippen LogP contribution >= 0.6 is 0 Å². The van der Waals surface area contributed by atoms with E-state index in [0.29, 0.717) is 12.4 Å². The summed E-state index contributed by atoms with van der Waals surface area (Å²) >= 11 is 0. The van der Waals surface area contributed by atoms with Crippen molar-refractivity contribution in [2.45, 2.75) is 33.4 Å². The van der Waals surface area contributed by atoms with Gasteiger partial charge in [-0.1, -0.05) is 11.1 Å². The Labute approximate surface area is 99.8 Å². The second-order valence-corrected chi connectivity index (χ2v) is 4.55. The van der Waals surface area contributed by atoms with Gasteiger partial charge in [-0.2, -0.15) is 8.78 Å². The molecule has 0 aromatic carbocycles. The van der Waals surface area contributed by atoms with Gasteiger partial charge in [0.1, 0.15) is 5.82 Å². The van der Waals surface area contributed by atoms with Gasteiger partial charge in [-0.25, -0.2) is 4.98 Å². The Bertz CT molecular complexity index is 423. The number of rotatable bonds is 3. The third-order valence-electron chi connectivity index (χ3n) is 3.32. The van der Waals surface area contributed by atoms with E-state index in [4.69, 9.17) is 0 Å². The van der Waals surface area contributed by atoms with E-state index in [1.54, 1.807) is 0 Å². The van der Waals surface area contributed by atoms with Gasteiger partial charge in [-0.3, -0.25) is 9.47 Å². The molecule has 0 aliphatic carbocycles. The van der Waals surface area contributed by atoms with E-state index in [9.17, 15) is 8.78 Å². The maximum Gasteiger partial charge on any atom is 0.319 e. The van der Waals surface area contributed by atoms with Crippen molar-refractivity contribution in [2.75, 3.05) is 13.1 Å². The lowest BCUT2D eigenvalue weighted by molar-refractivity contribution is 0.0640. The Morgan fingerprint density at radius 3 is 2.76 bits per heavy atom. The van der Waals surface area contributed by atoms with Crippen LogP contribution in [-0.4, -0.2) is 27.5 Å². The molecular formula is C12H17F2N3. The number of hydrogen-bond donors (Lipinski definition) is 0. The molecule has 17 heavy (non-hydrogen) atoms. The fourth-order valence-electron chi connectivity index (χ4n) is 2.07. The summed E-state index contributed by atoms with van der Waals surface area (Å²) in [6.07, 6.45) is 3.78. The van der Waals surface area contributed by atoms with Gasteiger partial charge < -0.3 is 0 Å². The first-order valence-corrected chi connectivity index (χ1v) is 5.75. The Hall–Kier alpha value is -1.23. The largest absolute Gasteiger partial charge is 0.319 e. The quantitative estimate of drug-likeness (QED) is 0.759. The molecule has 2 heterocycles. The van der Waals surface area contributed by atoms with Crippen molar-refractivity contribution in [1.29, 1.82) is 0 Å². The van der Waals surface area contributed by atoms with E-state index in [-0.39, 0.29) is 0 Å². The lowest BCUT2D eigenvalue weighted by atomic mass is 10.0. The summed E-state index contributed by atoms with van der Waals surface area (Å²) in [6, 6.07) is 0. The van der Waals surface area contributed by atoms with E-state index >= 15 is 0 Å². The van der Waals surface area contributed by atoms with Crippen molar-refractivity contribution in [3.05, 3.63) is 29.4 Å². The first kappa shape index (κ1) is 12.2. The lowest BCUT2D eigenvalue weighted by Crippen LogP contribution is -2.31. The van der Waals surface area contributed by atoms with Crippen LogP contribution in [-0.2, 0) is 6.54 Å².